The summed E-state index contributed by atoms with van der Waals surface area (Å²) in [5.74, 6) is -0.125. The van der Waals surface area contributed by atoms with Crippen molar-refractivity contribution in [2.75, 3.05) is 18.4 Å². The van der Waals surface area contributed by atoms with Crippen LogP contribution in [0.1, 0.15) is 35.7 Å². The molecular weight excluding hydrogens is 410 g/mol. The number of aromatic hydroxyl groups is 1. The molecule has 1 aliphatic heterocycles. The van der Waals surface area contributed by atoms with E-state index in [9.17, 15) is 14.7 Å². The summed E-state index contributed by atoms with van der Waals surface area (Å²) in [5, 5.41) is 21.2. The molecule has 0 bridgehead atoms. The van der Waals surface area contributed by atoms with Crippen LogP contribution in [0.5, 0.6) is 5.75 Å². The van der Waals surface area contributed by atoms with Gasteiger partial charge in [-0.3, -0.25) is 4.79 Å². The number of hydrogen-bond acceptors (Lipinski definition) is 6. The summed E-state index contributed by atoms with van der Waals surface area (Å²) in [6.07, 6.45) is 4.73. The fraction of sp³-hybridized carbons (Fsp3) is 0.364. The molecule has 0 radical (unpaired) electrons. The third kappa shape index (κ3) is 4.43. The first-order chi connectivity index (χ1) is 15.5. The van der Waals surface area contributed by atoms with Crippen molar-refractivity contribution >= 4 is 28.7 Å². The Morgan fingerprint density at radius 1 is 1.25 bits per heavy atom. The van der Waals surface area contributed by atoms with Crippen molar-refractivity contribution in [2.24, 2.45) is 5.73 Å². The van der Waals surface area contributed by atoms with Crippen molar-refractivity contribution in [3.8, 4) is 5.75 Å². The minimum Gasteiger partial charge on any atom is -0.508 e. The second kappa shape index (κ2) is 9.13. The van der Waals surface area contributed by atoms with Crippen molar-refractivity contribution in [3.05, 3.63) is 47.8 Å². The molecule has 3 heterocycles. The van der Waals surface area contributed by atoms with Crippen molar-refractivity contribution < 1.29 is 14.7 Å². The molecule has 3 aromatic rings. The number of benzene rings is 1. The number of anilines is 1. The fourth-order valence-corrected chi connectivity index (χ4v) is 3.98. The van der Waals surface area contributed by atoms with E-state index in [0.717, 1.165) is 23.8 Å². The fourth-order valence-electron chi connectivity index (χ4n) is 3.98. The molecule has 0 spiro atoms. The number of nitrogens with two attached hydrogens (primary N) is 1. The number of aryl methyl sites for hydroxylation is 1. The number of primary amides is 1. The molecule has 1 fully saturated rings. The van der Waals surface area contributed by atoms with E-state index >= 15 is 0 Å². The molecule has 0 unspecified atom stereocenters. The summed E-state index contributed by atoms with van der Waals surface area (Å²) in [6.45, 7) is 4.05. The first kappa shape index (κ1) is 21.4. The smallest absolute Gasteiger partial charge is 0.314 e. The second-order valence-corrected chi connectivity index (χ2v) is 7.84. The van der Waals surface area contributed by atoms with Crippen LogP contribution in [0.25, 0.3) is 11.0 Å². The third-order valence-corrected chi connectivity index (χ3v) is 5.73. The Kier molecular flexibility index (Phi) is 6.11. The van der Waals surface area contributed by atoms with Gasteiger partial charge in [0.05, 0.1) is 22.8 Å². The van der Waals surface area contributed by atoms with Crippen molar-refractivity contribution in [1.82, 2.24) is 25.0 Å². The van der Waals surface area contributed by atoms with E-state index in [0.29, 0.717) is 36.5 Å². The van der Waals surface area contributed by atoms with Crippen molar-refractivity contribution in [1.29, 1.82) is 0 Å². The van der Waals surface area contributed by atoms with Crippen LogP contribution in [0.3, 0.4) is 0 Å². The van der Waals surface area contributed by atoms with Gasteiger partial charge in [0.2, 0.25) is 0 Å². The summed E-state index contributed by atoms with van der Waals surface area (Å²) >= 11 is 0. The molecule has 2 aromatic heterocycles. The number of amides is 3. The van der Waals surface area contributed by atoms with E-state index in [1.165, 1.54) is 0 Å². The van der Waals surface area contributed by atoms with Crippen LogP contribution < -0.4 is 16.4 Å². The van der Waals surface area contributed by atoms with Gasteiger partial charge >= 0.3 is 6.03 Å². The highest BCUT2D eigenvalue weighted by Crippen LogP contribution is 2.28. The quantitative estimate of drug-likeness (QED) is 0.466. The lowest BCUT2D eigenvalue weighted by Crippen LogP contribution is -2.44. The van der Waals surface area contributed by atoms with E-state index in [4.69, 9.17) is 5.73 Å². The predicted octanol–water partition coefficient (Wildman–Crippen LogP) is 2.04. The zero-order chi connectivity index (χ0) is 22.7. The number of nitrogens with one attached hydrogen (secondary N) is 2. The number of piperidine rings is 1. The molecule has 10 heteroatoms. The van der Waals surface area contributed by atoms with Crippen molar-refractivity contribution in [2.45, 2.75) is 38.9 Å². The minimum absolute atomic E-state index is 0.0822. The molecule has 1 aliphatic rings. The van der Waals surface area contributed by atoms with Gasteiger partial charge in [0.25, 0.3) is 5.91 Å². The Morgan fingerprint density at radius 2 is 2.03 bits per heavy atom. The average Bonchev–Trinajstić information content (AvgIpc) is 3.22. The Bertz CT molecular complexity index is 1140. The SMILES string of the molecule is CCn1ncc2c(NC3CCN(C(N)=O)CC3)c(C(=O)NCc3cccc(O)c3)cnc21. The molecule has 0 saturated carbocycles. The second-order valence-electron chi connectivity index (χ2n) is 7.84. The van der Waals surface area contributed by atoms with E-state index in [-0.39, 0.29) is 24.2 Å². The van der Waals surface area contributed by atoms with Crippen LogP contribution >= 0.6 is 0 Å². The monoisotopic (exact) mass is 437 g/mol. The largest absolute Gasteiger partial charge is 0.508 e. The van der Waals surface area contributed by atoms with Crippen LogP contribution in [0.4, 0.5) is 10.5 Å². The normalized spacial score (nSPS) is 14.5. The number of carbonyl (C=O) groups is 2. The van der Waals surface area contributed by atoms with Gasteiger partial charge in [-0.15, -0.1) is 0 Å². The van der Waals surface area contributed by atoms with Gasteiger partial charge in [-0.1, -0.05) is 12.1 Å². The lowest BCUT2D eigenvalue weighted by molar-refractivity contribution is 0.0951. The number of urea groups is 1. The number of likely N-dealkylation sites (tertiary alicyclic amines) is 1. The van der Waals surface area contributed by atoms with Crippen LogP contribution in [0, 0.1) is 0 Å². The van der Waals surface area contributed by atoms with Gasteiger partial charge in [-0.2, -0.15) is 5.10 Å². The number of nitrogens with zero attached hydrogens (tertiary/aromatic N) is 4. The summed E-state index contributed by atoms with van der Waals surface area (Å²) < 4.78 is 1.78. The third-order valence-electron chi connectivity index (χ3n) is 5.73. The van der Waals surface area contributed by atoms with Crippen molar-refractivity contribution in [3.63, 3.8) is 0 Å². The lowest BCUT2D eigenvalue weighted by Gasteiger charge is -2.32. The van der Waals surface area contributed by atoms with Gasteiger partial charge in [-0.25, -0.2) is 14.5 Å². The maximum Gasteiger partial charge on any atom is 0.314 e. The summed E-state index contributed by atoms with van der Waals surface area (Å²) in [5.41, 5.74) is 7.99. The van der Waals surface area contributed by atoms with E-state index in [2.05, 4.69) is 20.7 Å². The number of pyridine rings is 1. The summed E-state index contributed by atoms with van der Waals surface area (Å²) in [6, 6.07) is 6.43. The van der Waals surface area contributed by atoms with Crippen LogP contribution in [0.15, 0.2) is 36.7 Å². The summed E-state index contributed by atoms with van der Waals surface area (Å²) in [4.78, 5) is 30.6. The van der Waals surface area contributed by atoms with Gasteiger partial charge in [0.15, 0.2) is 5.65 Å². The summed E-state index contributed by atoms with van der Waals surface area (Å²) in [7, 11) is 0. The van der Waals surface area contributed by atoms with Crippen LogP contribution in [-0.4, -0.2) is 55.8 Å². The molecule has 1 saturated heterocycles. The number of fused-ring (bicyclic) bond motifs is 1. The average molecular weight is 438 g/mol. The van der Waals surface area contributed by atoms with Gasteiger partial charge in [0, 0.05) is 38.4 Å². The topological polar surface area (TPSA) is 138 Å². The number of carbonyl (C=O) groups excluding carboxylic acids is 2. The first-order valence-electron chi connectivity index (χ1n) is 10.7. The van der Waals surface area contributed by atoms with E-state index in [1.807, 2.05) is 13.0 Å². The molecular formula is C22H27N7O3. The highest BCUT2D eigenvalue weighted by Gasteiger charge is 2.25. The first-order valence-corrected chi connectivity index (χ1v) is 10.7. The van der Waals surface area contributed by atoms with Gasteiger partial charge in [0.1, 0.15) is 5.75 Å². The molecule has 0 aliphatic carbocycles. The maximum atomic E-state index is 13.1. The van der Waals surface area contributed by atoms with Gasteiger partial charge < -0.3 is 26.4 Å². The Morgan fingerprint density at radius 3 is 2.72 bits per heavy atom. The molecule has 10 nitrogen and oxygen atoms in total. The highest BCUT2D eigenvalue weighted by molar-refractivity contribution is 6.06. The maximum absolute atomic E-state index is 13.1. The van der Waals surface area contributed by atoms with Crippen LogP contribution in [-0.2, 0) is 13.1 Å². The van der Waals surface area contributed by atoms with Crippen LogP contribution in [0.2, 0.25) is 0 Å². The predicted molar refractivity (Wildman–Crippen MR) is 120 cm³/mol. The zero-order valence-electron chi connectivity index (χ0n) is 17.9. The molecule has 1 aromatic carbocycles. The lowest BCUT2D eigenvalue weighted by atomic mass is 10.0. The number of aromatic nitrogens is 3. The Hall–Kier alpha value is -3.82. The molecule has 5 N–H and O–H groups in total. The minimum atomic E-state index is -0.411. The molecule has 32 heavy (non-hydrogen) atoms. The Labute approximate surface area is 185 Å². The highest BCUT2D eigenvalue weighted by atomic mass is 16.3. The Balaban J connectivity index is 1.58. The number of rotatable bonds is 6. The number of phenolic OH excluding ortho intramolecular Hbond substituents is 1. The zero-order valence-corrected chi connectivity index (χ0v) is 17.9. The molecule has 3 amide bonds. The van der Waals surface area contributed by atoms with E-state index in [1.54, 1.807) is 40.2 Å². The number of phenols is 1. The standard InChI is InChI=1S/C22H27N7O3/c1-2-29-20-17(13-26-29)19(27-15-6-8-28(9-7-15)22(23)32)18(12-24-20)21(31)25-11-14-4-3-5-16(30)10-14/h3-5,10,12-13,15,30H,2,6-9,11H2,1H3,(H2,23,32)(H,24,27)(H,25,31). The molecule has 168 valence electrons. The molecule has 0 atom stereocenters. The van der Waals surface area contributed by atoms with E-state index < -0.39 is 6.03 Å². The van der Waals surface area contributed by atoms with Gasteiger partial charge in [-0.05, 0) is 37.5 Å². The number of hydrogen-bond donors (Lipinski definition) is 4. The molecule has 4 rings (SSSR count).